The molecule has 0 aliphatic heterocycles. The maximum Gasteiger partial charge on any atom is 0.234 e. The lowest BCUT2D eigenvalue weighted by molar-refractivity contribution is -0.122. The monoisotopic (exact) mass is 308 g/mol. The molecule has 21 heavy (non-hydrogen) atoms. The fraction of sp³-hybridized carbons (Fsp3) is 0.562. The Morgan fingerprint density at radius 2 is 2.29 bits per heavy atom. The van der Waals surface area contributed by atoms with Crippen LogP contribution in [-0.4, -0.2) is 41.7 Å². The summed E-state index contributed by atoms with van der Waals surface area (Å²) in [5.41, 5.74) is 0.978. The summed E-state index contributed by atoms with van der Waals surface area (Å²) >= 11 is 1.65. The number of amides is 1. The lowest BCUT2D eigenvalue weighted by atomic mass is 10.3. The Hall–Kier alpha value is -1.35. The maximum absolute atomic E-state index is 11.8. The van der Waals surface area contributed by atoms with E-state index >= 15 is 0 Å². The lowest BCUT2D eigenvalue weighted by Gasteiger charge is -2.19. The van der Waals surface area contributed by atoms with Crippen molar-refractivity contribution in [1.29, 1.82) is 0 Å². The number of rotatable bonds is 7. The molecule has 1 amide bonds. The molecule has 0 saturated carbocycles. The van der Waals surface area contributed by atoms with Gasteiger partial charge in [0.2, 0.25) is 5.91 Å². The van der Waals surface area contributed by atoms with E-state index in [4.69, 9.17) is 5.11 Å². The van der Waals surface area contributed by atoms with E-state index in [1.54, 1.807) is 11.3 Å². The zero-order valence-corrected chi connectivity index (χ0v) is 13.8. The molecule has 0 radical (unpaired) electrons. The molecule has 2 N–H and O–H groups in total. The molecule has 0 aromatic carbocycles. The summed E-state index contributed by atoms with van der Waals surface area (Å²) in [5, 5.41) is 13.6. The second kappa shape index (κ2) is 9.56. The van der Waals surface area contributed by atoms with Crippen LogP contribution in [-0.2, 0) is 11.3 Å². The molecule has 0 aliphatic carbocycles. The molecule has 0 saturated heterocycles. The van der Waals surface area contributed by atoms with Crippen LogP contribution in [0.2, 0.25) is 0 Å². The zero-order chi connectivity index (χ0) is 15.7. The smallest absolute Gasteiger partial charge is 0.234 e. The van der Waals surface area contributed by atoms with Crippen LogP contribution in [0.15, 0.2) is 11.4 Å². The molecule has 0 unspecified atom stereocenters. The van der Waals surface area contributed by atoms with Crippen LogP contribution in [0, 0.1) is 11.8 Å². The van der Waals surface area contributed by atoms with Gasteiger partial charge in [-0.15, -0.1) is 11.3 Å². The number of nitrogens with one attached hydrogen (secondary N) is 1. The summed E-state index contributed by atoms with van der Waals surface area (Å²) in [4.78, 5) is 15.1. The highest BCUT2D eigenvalue weighted by atomic mass is 32.1. The van der Waals surface area contributed by atoms with Crippen LogP contribution in [0.5, 0.6) is 0 Å². The van der Waals surface area contributed by atoms with Crippen LogP contribution >= 0.6 is 11.3 Å². The fourth-order valence-corrected chi connectivity index (χ4v) is 2.68. The highest BCUT2D eigenvalue weighted by Gasteiger charge is 2.11. The average Bonchev–Trinajstić information content (AvgIpc) is 2.85. The number of nitrogens with zero attached hydrogens (tertiary/aromatic N) is 1. The Bertz CT molecular complexity index is 500. The van der Waals surface area contributed by atoms with E-state index in [-0.39, 0.29) is 18.6 Å². The molecule has 4 nitrogen and oxygen atoms in total. The van der Waals surface area contributed by atoms with Crippen molar-refractivity contribution >= 4 is 17.2 Å². The molecule has 1 rings (SSSR count). The Morgan fingerprint density at radius 1 is 1.52 bits per heavy atom. The van der Waals surface area contributed by atoms with Gasteiger partial charge in [-0.25, -0.2) is 0 Å². The predicted molar refractivity (Wildman–Crippen MR) is 87.1 cm³/mol. The van der Waals surface area contributed by atoms with Crippen LogP contribution in [0.25, 0.3) is 0 Å². The van der Waals surface area contributed by atoms with Gasteiger partial charge < -0.3 is 10.4 Å². The summed E-state index contributed by atoms with van der Waals surface area (Å²) in [6.45, 7) is 8.08. The maximum atomic E-state index is 11.8. The van der Waals surface area contributed by atoms with E-state index in [2.05, 4.69) is 35.0 Å². The van der Waals surface area contributed by atoms with E-state index in [1.165, 1.54) is 4.88 Å². The van der Waals surface area contributed by atoms with Gasteiger partial charge in [0.1, 0.15) is 0 Å². The van der Waals surface area contributed by atoms with Gasteiger partial charge in [0, 0.05) is 34.8 Å². The zero-order valence-electron chi connectivity index (χ0n) is 13.0. The van der Waals surface area contributed by atoms with Gasteiger partial charge in [-0.1, -0.05) is 18.8 Å². The largest absolute Gasteiger partial charge is 0.395 e. The minimum Gasteiger partial charge on any atom is -0.395 e. The number of hydrogen-bond acceptors (Lipinski definition) is 4. The van der Waals surface area contributed by atoms with Crippen LogP contribution in [0.1, 0.15) is 37.6 Å². The normalized spacial score (nSPS) is 10.6. The summed E-state index contributed by atoms with van der Waals surface area (Å²) in [6.07, 6.45) is 0.502. The molecular weight excluding hydrogens is 284 g/mol. The van der Waals surface area contributed by atoms with Crippen LogP contribution < -0.4 is 5.32 Å². The van der Waals surface area contributed by atoms with Crippen LogP contribution in [0.3, 0.4) is 0 Å². The van der Waals surface area contributed by atoms with E-state index in [9.17, 15) is 4.79 Å². The van der Waals surface area contributed by atoms with Crippen molar-refractivity contribution in [2.45, 2.75) is 39.8 Å². The molecule has 0 spiro atoms. The number of aliphatic hydroxyl groups excluding tert-OH is 1. The van der Waals surface area contributed by atoms with Gasteiger partial charge in [-0.3, -0.25) is 9.69 Å². The van der Waals surface area contributed by atoms with E-state index in [0.717, 1.165) is 18.7 Å². The second-order valence-corrected chi connectivity index (χ2v) is 6.10. The van der Waals surface area contributed by atoms with Gasteiger partial charge in [0.15, 0.2) is 0 Å². The number of carbonyl (C=O) groups excluding carboxylic acids is 1. The molecule has 5 heteroatoms. The van der Waals surface area contributed by atoms with Gasteiger partial charge in [0.05, 0.1) is 13.2 Å². The average molecular weight is 308 g/mol. The first-order valence-corrected chi connectivity index (χ1v) is 8.12. The first-order valence-electron chi connectivity index (χ1n) is 7.24. The third-order valence-corrected chi connectivity index (χ3v) is 3.69. The number of likely N-dealkylation sites (N-methyl/N-ethyl adjacent to an activating group) is 1. The number of carbonyl (C=O) groups is 1. The van der Waals surface area contributed by atoms with E-state index in [0.29, 0.717) is 13.0 Å². The van der Waals surface area contributed by atoms with Gasteiger partial charge in [-0.2, -0.15) is 0 Å². The Kier molecular flexibility index (Phi) is 8.06. The molecule has 116 valence electrons. The lowest BCUT2D eigenvalue weighted by Crippen LogP contribution is -2.39. The Labute approximate surface area is 131 Å². The summed E-state index contributed by atoms with van der Waals surface area (Å²) in [5.74, 6) is 6.00. The van der Waals surface area contributed by atoms with E-state index < -0.39 is 0 Å². The summed E-state index contributed by atoms with van der Waals surface area (Å²) < 4.78 is 0. The molecule has 1 aromatic heterocycles. The van der Waals surface area contributed by atoms with Crippen molar-refractivity contribution < 1.29 is 9.90 Å². The van der Waals surface area contributed by atoms with Gasteiger partial charge in [0.25, 0.3) is 0 Å². The standard InChI is InChI=1S/C16H24N2O2S/c1-4-18(11-16(20)17-13(2)3)10-15-9-14(12-21-15)7-5-6-8-19/h9,12-13,19H,4,6,8,10-11H2,1-3H3,(H,17,20). The third-order valence-electron chi connectivity index (χ3n) is 2.77. The van der Waals surface area contributed by atoms with Crippen molar-refractivity contribution in [3.8, 4) is 11.8 Å². The van der Waals surface area contributed by atoms with Crippen LogP contribution in [0.4, 0.5) is 0 Å². The fourth-order valence-electron chi connectivity index (χ4n) is 1.82. The van der Waals surface area contributed by atoms with Gasteiger partial charge >= 0.3 is 0 Å². The Morgan fingerprint density at radius 3 is 2.90 bits per heavy atom. The first kappa shape index (κ1) is 17.7. The molecule has 0 fully saturated rings. The van der Waals surface area contributed by atoms with Crippen molar-refractivity contribution in [3.63, 3.8) is 0 Å². The number of aliphatic hydroxyl groups is 1. The SMILES string of the molecule is CCN(CC(=O)NC(C)C)Cc1cc(C#CCCO)cs1. The summed E-state index contributed by atoms with van der Waals surface area (Å²) in [7, 11) is 0. The number of hydrogen-bond donors (Lipinski definition) is 2. The quantitative estimate of drug-likeness (QED) is 0.756. The molecular formula is C16H24N2O2S. The van der Waals surface area contributed by atoms with Gasteiger partial charge in [-0.05, 0) is 26.5 Å². The molecule has 0 bridgehead atoms. The molecule has 0 atom stereocenters. The highest BCUT2D eigenvalue weighted by Crippen LogP contribution is 2.16. The van der Waals surface area contributed by atoms with Crippen molar-refractivity contribution in [1.82, 2.24) is 10.2 Å². The van der Waals surface area contributed by atoms with Crippen molar-refractivity contribution in [3.05, 3.63) is 21.9 Å². The molecule has 1 aromatic rings. The van der Waals surface area contributed by atoms with Crippen molar-refractivity contribution in [2.75, 3.05) is 19.7 Å². The predicted octanol–water partition coefficient (Wildman–Crippen LogP) is 1.83. The second-order valence-electron chi connectivity index (χ2n) is 5.10. The first-order chi connectivity index (χ1) is 10.0. The Balaban J connectivity index is 2.54. The van der Waals surface area contributed by atoms with E-state index in [1.807, 2.05) is 19.2 Å². The number of thiophene rings is 1. The highest BCUT2D eigenvalue weighted by molar-refractivity contribution is 7.10. The molecule has 0 aliphatic rings. The minimum atomic E-state index is 0.0615. The van der Waals surface area contributed by atoms with Crippen molar-refractivity contribution in [2.24, 2.45) is 0 Å². The molecule has 1 heterocycles. The third kappa shape index (κ3) is 7.28. The summed E-state index contributed by atoms with van der Waals surface area (Å²) in [6, 6.07) is 2.23. The minimum absolute atomic E-state index is 0.0615. The topological polar surface area (TPSA) is 52.6 Å².